The molecule has 0 aliphatic carbocycles. The monoisotopic (exact) mass is 254 g/mol. The third-order valence-corrected chi connectivity index (χ3v) is 4.31. The number of fused-ring (bicyclic) bond motifs is 1. The smallest absolute Gasteiger partial charge is 0.168 e. The fourth-order valence-electron chi connectivity index (χ4n) is 2.35. The van der Waals surface area contributed by atoms with Gasteiger partial charge in [-0.15, -0.1) is 0 Å². The quantitative estimate of drug-likeness (QED) is 0.695. The van der Waals surface area contributed by atoms with Gasteiger partial charge in [0, 0.05) is 38.1 Å². The molecular formula is C11H18N4OS. The highest BCUT2D eigenvalue weighted by Gasteiger charge is 2.30. The van der Waals surface area contributed by atoms with Crippen molar-refractivity contribution in [3.05, 3.63) is 11.9 Å². The van der Waals surface area contributed by atoms with Crippen molar-refractivity contribution in [1.29, 1.82) is 0 Å². The number of rotatable bonds is 4. The normalized spacial score (nSPS) is 27.6. The van der Waals surface area contributed by atoms with Gasteiger partial charge in [0.1, 0.15) is 0 Å². The number of β-amino-alcohol motifs (C(OH)–C–C–N with tert-alkyl or cyclic N) is 1. The summed E-state index contributed by atoms with van der Waals surface area (Å²) in [6.07, 6.45) is 2.94. The molecule has 0 amide bonds. The molecule has 1 fully saturated rings. The van der Waals surface area contributed by atoms with Gasteiger partial charge in [0.2, 0.25) is 0 Å². The maximum atomic E-state index is 10.1. The molecule has 17 heavy (non-hydrogen) atoms. The lowest BCUT2D eigenvalue weighted by Crippen LogP contribution is -2.42. The highest BCUT2D eigenvalue weighted by atomic mass is 32.2. The van der Waals surface area contributed by atoms with E-state index in [1.165, 1.54) is 0 Å². The summed E-state index contributed by atoms with van der Waals surface area (Å²) in [4.78, 5) is 4.54. The van der Waals surface area contributed by atoms with Gasteiger partial charge in [0.25, 0.3) is 0 Å². The van der Waals surface area contributed by atoms with E-state index >= 15 is 0 Å². The van der Waals surface area contributed by atoms with Crippen molar-refractivity contribution in [3.8, 4) is 0 Å². The summed E-state index contributed by atoms with van der Waals surface area (Å²) in [6.45, 7) is 4.04. The number of hydrogen-bond donors (Lipinski definition) is 3. The Labute approximate surface area is 105 Å². The molecular weight excluding hydrogens is 236 g/mol. The van der Waals surface area contributed by atoms with E-state index < -0.39 is 5.60 Å². The minimum absolute atomic E-state index is 0.572. The van der Waals surface area contributed by atoms with Crippen LogP contribution in [0.15, 0.2) is 11.4 Å². The van der Waals surface area contributed by atoms with Crippen LogP contribution in [0.2, 0.25) is 0 Å². The number of thioether (sulfide) groups is 1. The van der Waals surface area contributed by atoms with Crippen molar-refractivity contribution in [2.75, 3.05) is 25.4 Å². The Kier molecular flexibility index (Phi) is 3.12. The number of aromatic nitrogens is 2. The van der Waals surface area contributed by atoms with Gasteiger partial charge in [-0.05, 0) is 13.0 Å². The maximum absolute atomic E-state index is 10.1. The van der Waals surface area contributed by atoms with Crippen molar-refractivity contribution in [2.24, 2.45) is 0 Å². The van der Waals surface area contributed by atoms with E-state index in [1.807, 2.05) is 11.8 Å². The SMILES string of the molecule is OC1(CNCc2cn3c(n2)SCC3)CCNC1. The fourth-order valence-corrected chi connectivity index (χ4v) is 3.31. The molecule has 1 atom stereocenters. The third kappa shape index (κ3) is 2.49. The van der Waals surface area contributed by atoms with Crippen molar-refractivity contribution in [2.45, 2.75) is 30.3 Å². The lowest BCUT2D eigenvalue weighted by molar-refractivity contribution is 0.0608. The third-order valence-electron chi connectivity index (χ3n) is 3.33. The molecule has 1 aromatic heterocycles. The summed E-state index contributed by atoms with van der Waals surface area (Å²) in [7, 11) is 0. The predicted molar refractivity (Wildman–Crippen MR) is 67.1 cm³/mol. The van der Waals surface area contributed by atoms with Gasteiger partial charge in [0.15, 0.2) is 5.16 Å². The second-order valence-electron chi connectivity index (χ2n) is 4.81. The Bertz CT molecular complexity index is 379. The molecule has 1 unspecified atom stereocenters. The Morgan fingerprint density at radius 3 is 3.35 bits per heavy atom. The number of aryl methyl sites for hydroxylation is 1. The molecule has 3 rings (SSSR count). The van der Waals surface area contributed by atoms with Crippen molar-refractivity contribution < 1.29 is 5.11 Å². The van der Waals surface area contributed by atoms with Crippen LogP contribution in [0.4, 0.5) is 0 Å². The minimum atomic E-state index is -0.572. The largest absolute Gasteiger partial charge is 0.387 e. The first-order valence-electron chi connectivity index (χ1n) is 6.08. The Hall–Kier alpha value is -0.560. The summed E-state index contributed by atoms with van der Waals surface area (Å²) >= 11 is 1.81. The standard InChI is InChI=1S/C11H18N4OS/c16-11(1-2-12-7-11)8-13-5-9-6-15-3-4-17-10(15)14-9/h6,12-13,16H,1-5,7-8H2. The number of imidazole rings is 1. The molecule has 94 valence electrons. The summed E-state index contributed by atoms with van der Waals surface area (Å²) in [5, 5.41) is 17.7. The van der Waals surface area contributed by atoms with Gasteiger partial charge < -0.3 is 20.3 Å². The molecule has 3 N–H and O–H groups in total. The van der Waals surface area contributed by atoms with Crippen LogP contribution in [-0.2, 0) is 13.1 Å². The van der Waals surface area contributed by atoms with Gasteiger partial charge in [-0.25, -0.2) is 4.98 Å². The number of nitrogens with one attached hydrogen (secondary N) is 2. The molecule has 5 nitrogen and oxygen atoms in total. The van der Waals surface area contributed by atoms with Crippen molar-refractivity contribution >= 4 is 11.8 Å². The van der Waals surface area contributed by atoms with Gasteiger partial charge >= 0.3 is 0 Å². The zero-order valence-electron chi connectivity index (χ0n) is 9.78. The minimum Gasteiger partial charge on any atom is -0.387 e. The highest BCUT2D eigenvalue weighted by molar-refractivity contribution is 7.99. The fraction of sp³-hybridized carbons (Fsp3) is 0.727. The van der Waals surface area contributed by atoms with E-state index in [1.54, 1.807) is 0 Å². The average Bonchev–Trinajstić information content (AvgIpc) is 2.93. The van der Waals surface area contributed by atoms with Gasteiger partial charge in [0.05, 0.1) is 11.3 Å². The molecule has 0 radical (unpaired) electrons. The Balaban J connectivity index is 1.50. The van der Waals surface area contributed by atoms with Gasteiger partial charge in [-0.2, -0.15) is 0 Å². The lowest BCUT2D eigenvalue weighted by atomic mass is 10.0. The second-order valence-corrected chi connectivity index (χ2v) is 5.87. The predicted octanol–water partition coefficient (Wildman–Crippen LogP) is -0.197. The summed E-state index contributed by atoms with van der Waals surface area (Å²) in [6, 6.07) is 0. The molecule has 2 aliphatic heterocycles. The van der Waals surface area contributed by atoms with E-state index in [0.29, 0.717) is 13.1 Å². The number of hydrogen-bond acceptors (Lipinski definition) is 5. The molecule has 0 saturated carbocycles. The summed E-state index contributed by atoms with van der Waals surface area (Å²) in [5.74, 6) is 1.14. The summed E-state index contributed by atoms with van der Waals surface area (Å²) in [5.41, 5.74) is 0.499. The highest BCUT2D eigenvalue weighted by Crippen LogP contribution is 2.24. The summed E-state index contributed by atoms with van der Waals surface area (Å²) < 4.78 is 2.20. The second kappa shape index (κ2) is 4.61. The zero-order valence-corrected chi connectivity index (χ0v) is 10.6. The van der Waals surface area contributed by atoms with E-state index in [0.717, 1.165) is 42.7 Å². The van der Waals surface area contributed by atoms with E-state index in [4.69, 9.17) is 0 Å². The molecule has 1 saturated heterocycles. The first-order valence-corrected chi connectivity index (χ1v) is 7.06. The van der Waals surface area contributed by atoms with Crippen LogP contribution in [0.3, 0.4) is 0 Å². The van der Waals surface area contributed by atoms with E-state index in [2.05, 4.69) is 26.4 Å². The van der Waals surface area contributed by atoms with Crippen LogP contribution in [0.25, 0.3) is 0 Å². The topological polar surface area (TPSA) is 62.1 Å². The first kappa shape index (κ1) is 11.5. The Morgan fingerprint density at radius 2 is 2.59 bits per heavy atom. The molecule has 6 heteroatoms. The molecule has 2 aliphatic rings. The van der Waals surface area contributed by atoms with Gasteiger partial charge in [-0.1, -0.05) is 11.8 Å². The molecule has 1 aromatic rings. The molecule has 0 spiro atoms. The van der Waals surface area contributed by atoms with Crippen LogP contribution >= 0.6 is 11.8 Å². The number of aliphatic hydroxyl groups is 1. The van der Waals surface area contributed by atoms with Crippen molar-refractivity contribution in [1.82, 2.24) is 20.2 Å². The van der Waals surface area contributed by atoms with Crippen LogP contribution in [0, 0.1) is 0 Å². The van der Waals surface area contributed by atoms with Crippen LogP contribution < -0.4 is 10.6 Å². The number of nitrogens with zero attached hydrogens (tertiary/aromatic N) is 2. The lowest BCUT2D eigenvalue weighted by Gasteiger charge is -2.21. The molecule has 3 heterocycles. The zero-order chi connectivity index (χ0) is 11.7. The average molecular weight is 254 g/mol. The maximum Gasteiger partial charge on any atom is 0.168 e. The molecule has 0 aromatic carbocycles. The van der Waals surface area contributed by atoms with Gasteiger partial charge in [-0.3, -0.25) is 0 Å². The van der Waals surface area contributed by atoms with Crippen molar-refractivity contribution in [3.63, 3.8) is 0 Å². The van der Waals surface area contributed by atoms with Crippen LogP contribution in [0.5, 0.6) is 0 Å². The van der Waals surface area contributed by atoms with E-state index in [-0.39, 0.29) is 0 Å². The van der Waals surface area contributed by atoms with E-state index in [9.17, 15) is 5.11 Å². The first-order chi connectivity index (χ1) is 8.25. The van der Waals surface area contributed by atoms with Crippen LogP contribution in [-0.4, -0.2) is 45.6 Å². The van der Waals surface area contributed by atoms with Crippen LogP contribution in [0.1, 0.15) is 12.1 Å². The Morgan fingerprint density at radius 1 is 1.65 bits per heavy atom. The molecule has 0 bridgehead atoms.